The van der Waals surface area contributed by atoms with Gasteiger partial charge in [0.2, 0.25) is 0 Å². The van der Waals surface area contributed by atoms with Crippen LogP contribution >= 0.6 is 0 Å². The quantitative estimate of drug-likeness (QED) is 0.180. The fourth-order valence-corrected chi connectivity index (χ4v) is 3.09. The van der Waals surface area contributed by atoms with Gasteiger partial charge < -0.3 is 9.47 Å². The van der Waals surface area contributed by atoms with Gasteiger partial charge in [-0.25, -0.2) is 0 Å². The summed E-state index contributed by atoms with van der Waals surface area (Å²) in [6.07, 6.45) is 12.3. The molecular formula is C19H34O7S. The first-order valence-corrected chi connectivity index (χ1v) is 11.2. The van der Waals surface area contributed by atoms with E-state index in [0.717, 1.165) is 19.3 Å². The number of carbonyl (C=O) groups is 2. The molecule has 0 spiro atoms. The minimum atomic E-state index is -4.75. The molecule has 1 N–H and O–H groups in total. The smallest absolute Gasteiger partial charge is 0.327 e. The summed E-state index contributed by atoms with van der Waals surface area (Å²) in [5, 5.41) is -1.95. The van der Waals surface area contributed by atoms with Gasteiger partial charge in [-0.05, 0) is 13.3 Å². The van der Waals surface area contributed by atoms with Crippen molar-refractivity contribution in [3.63, 3.8) is 0 Å². The number of hydrogen-bond acceptors (Lipinski definition) is 6. The number of hydrogen-bond donors (Lipinski definition) is 1. The van der Waals surface area contributed by atoms with E-state index in [0.29, 0.717) is 6.42 Å². The topological polar surface area (TPSA) is 107 Å². The number of esters is 2. The van der Waals surface area contributed by atoms with E-state index in [2.05, 4.69) is 6.92 Å². The second-order valence-electron chi connectivity index (χ2n) is 6.46. The molecule has 0 amide bonds. The average Bonchev–Trinajstić information content (AvgIpc) is 2.60. The molecule has 0 rings (SSSR count). The Labute approximate surface area is 163 Å². The largest absolute Gasteiger partial charge is 0.465 e. The van der Waals surface area contributed by atoms with Crippen LogP contribution in [-0.4, -0.2) is 43.4 Å². The maximum absolute atomic E-state index is 11.9. The van der Waals surface area contributed by atoms with Gasteiger partial charge in [-0.2, -0.15) is 8.42 Å². The second-order valence-corrected chi connectivity index (χ2v) is 8.05. The molecule has 0 aliphatic rings. The van der Waals surface area contributed by atoms with Crippen LogP contribution in [0.15, 0.2) is 12.2 Å². The van der Waals surface area contributed by atoms with E-state index in [-0.39, 0.29) is 13.2 Å². The molecular weight excluding hydrogens is 372 g/mol. The Morgan fingerprint density at radius 3 is 2.04 bits per heavy atom. The van der Waals surface area contributed by atoms with Crippen molar-refractivity contribution in [1.82, 2.24) is 0 Å². The van der Waals surface area contributed by atoms with Crippen molar-refractivity contribution in [3.8, 4) is 0 Å². The highest BCUT2D eigenvalue weighted by molar-refractivity contribution is 7.87. The lowest BCUT2D eigenvalue weighted by atomic mass is 10.1. The van der Waals surface area contributed by atoms with E-state index in [1.807, 2.05) is 0 Å². The standard InChI is InChI=1S/C19H34O7S/c1-3-5-7-8-9-10-11-12-13-15-26-19(21)17(27(22,23)24)16-18(20)25-14-6-4-2/h4,6,17H,3,5,7-16H2,1-2H3,(H,22,23,24)/b6-4+. The monoisotopic (exact) mass is 406 g/mol. The molecule has 1 atom stereocenters. The predicted molar refractivity (Wildman–Crippen MR) is 104 cm³/mol. The number of unbranched alkanes of at least 4 members (excludes halogenated alkanes) is 8. The minimum absolute atomic E-state index is 0.0268. The van der Waals surface area contributed by atoms with Gasteiger partial charge in [-0.1, -0.05) is 70.4 Å². The van der Waals surface area contributed by atoms with E-state index >= 15 is 0 Å². The molecule has 0 saturated heterocycles. The van der Waals surface area contributed by atoms with Crippen molar-refractivity contribution in [2.75, 3.05) is 13.2 Å². The van der Waals surface area contributed by atoms with Crippen LogP contribution in [0.5, 0.6) is 0 Å². The van der Waals surface area contributed by atoms with Crippen molar-refractivity contribution in [2.45, 2.75) is 83.3 Å². The fraction of sp³-hybridized carbons (Fsp3) is 0.789. The third kappa shape index (κ3) is 14.3. The molecule has 7 nitrogen and oxygen atoms in total. The van der Waals surface area contributed by atoms with Crippen LogP contribution in [0.2, 0.25) is 0 Å². The molecule has 0 fully saturated rings. The molecule has 0 aromatic rings. The number of carbonyl (C=O) groups excluding carboxylic acids is 2. The zero-order valence-corrected chi connectivity index (χ0v) is 17.3. The summed E-state index contributed by atoms with van der Waals surface area (Å²) in [6.45, 7) is 3.95. The Morgan fingerprint density at radius 2 is 1.52 bits per heavy atom. The van der Waals surface area contributed by atoms with Crippen LogP contribution in [0.1, 0.15) is 78.1 Å². The zero-order chi connectivity index (χ0) is 20.5. The van der Waals surface area contributed by atoms with Gasteiger partial charge in [0.15, 0.2) is 5.25 Å². The summed E-state index contributed by atoms with van der Waals surface area (Å²) in [5.41, 5.74) is 0. The number of allylic oxidation sites excluding steroid dienone is 1. The average molecular weight is 407 g/mol. The summed E-state index contributed by atoms with van der Waals surface area (Å²) in [5.74, 6) is -2.02. The number of ether oxygens (including phenoxy) is 2. The Morgan fingerprint density at radius 1 is 0.963 bits per heavy atom. The molecule has 0 heterocycles. The first kappa shape index (κ1) is 25.6. The molecule has 0 aliphatic carbocycles. The lowest BCUT2D eigenvalue weighted by Crippen LogP contribution is -2.34. The third-order valence-electron chi connectivity index (χ3n) is 4.04. The van der Waals surface area contributed by atoms with Crippen molar-refractivity contribution < 1.29 is 32.0 Å². The van der Waals surface area contributed by atoms with Crippen LogP contribution in [0.25, 0.3) is 0 Å². The third-order valence-corrected chi connectivity index (χ3v) is 5.12. The Bertz CT molecular complexity index is 540. The first-order valence-electron chi connectivity index (χ1n) is 9.72. The Hall–Kier alpha value is -1.41. The van der Waals surface area contributed by atoms with Crippen molar-refractivity contribution >= 4 is 22.1 Å². The lowest BCUT2D eigenvalue weighted by Gasteiger charge is -2.12. The van der Waals surface area contributed by atoms with Gasteiger partial charge in [0, 0.05) is 0 Å². The van der Waals surface area contributed by atoms with E-state index in [4.69, 9.17) is 9.47 Å². The van der Waals surface area contributed by atoms with Crippen LogP contribution in [0.4, 0.5) is 0 Å². The minimum Gasteiger partial charge on any atom is -0.465 e. The molecule has 0 radical (unpaired) electrons. The second kappa shape index (κ2) is 15.6. The van der Waals surface area contributed by atoms with Crippen LogP contribution in [0.3, 0.4) is 0 Å². The first-order chi connectivity index (χ1) is 12.8. The maximum Gasteiger partial charge on any atom is 0.327 e. The van der Waals surface area contributed by atoms with Crippen molar-refractivity contribution in [2.24, 2.45) is 0 Å². The van der Waals surface area contributed by atoms with E-state index in [9.17, 15) is 22.6 Å². The Kier molecular flexibility index (Phi) is 14.8. The molecule has 0 aromatic carbocycles. The van der Waals surface area contributed by atoms with Gasteiger partial charge >= 0.3 is 11.9 Å². The summed E-state index contributed by atoms with van der Waals surface area (Å²) < 4.78 is 41.6. The van der Waals surface area contributed by atoms with Gasteiger partial charge in [0.05, 0.1) is 13.0 Å². The lowest BCUT2D eigenvalue weighted by molar-refractivity contribution is -0.149. The normalized spacial score (nSPS) is 12.9. The van der Waals surface area contributed by atoms with Crippen molar-refractivity contribution in [3.05, 3.63) is 12.2 Å². The number of rotatable bonds is 16. The molecule has 158 valence electrons. The highest BCUT2D eigenvalue weighted by atomic mass is 32.2. The summed E-state index contributed by atoms with van der Waals surface area (Å²) in [6, 6.07) is 0. The molecule has 1 unspecified atom stereocenters. The highest BCUT2D eigenvalue weighted by Gasteiger charge is 2.35. The molecule has 0 saturated carbocycles. The maximum atomic E-state index is 11.9. The fourth-order valence-electron chi connectivity index (χ4n) is 2.44. The highest BCUT2D eigenvalue weighted by Crippen LogP contribution is 2.11. The van der Waals surface area contributed by atoms with E-state index in [1.54, 1.807) is 19.1 Å². The molecule has 0 bridgehead atoms. The molecule has 27 heavy (non-hydrogen) atoms. The van der Waals surface area contributed by atoms with E-state index in [1.165, 1.54) is 32.1 Å². The van der Waals surface area contributed by atoms with E-state index < -0.39 is 33.7 Å². The van der Waals surface area contributed by atoms with Gasteiger partial charge in [-0.3, -0.25) is 14.1 Å². The van der Waals surface area contributed by atoms with Crippen LogP contribution < -0.4 is 0 Å². The molecule has 8 heteroatoms. The molecule has 0 aromatic heterocycles. The Balaban J connectivity index is 4.08. The van der Waals surface area contributed by atoms with Gasteiger partial charge in [0.25, 0.3) is 10.1 Å². The SMILES string of the molecule is C/C=C/COC(=O)CC(C(=O)OCCCCCCCCCCC)S(=O)(=O)O. The molecule has 0 aliphatic heterocycles. The van der Waals surface area contributed by atoms with Gasteiger partial charge in [-0.15, -0.1) is 0 Å². The van der Waals surface area contributed by atoms with Crippen LogP contribution in [-0.2, 0) is 29.2 Å². The van der Waals surface area contributed by atoms with Crippen molar-refractivity contribution in [1.29, 1.82) is 0 Å². The van der Waals surface area contributed by atoms with Gasteiger partial charge in [0.1, 0.15) is 6.61 Å². The summed E-state index contributed by atoms with van der Waals surface area (Å²) >= 11 is 0. The van der Waals surface area contributed by atoms with Crippen LogP contribution in [0, 0.1) is 0 Å². The summed E-state index contributed by atoms with van der Waals surface area (Å²) in [4.78, 5) is 23.5. The summed E-state index contributed by atoms with van der Waals surface area (Å²) in [7, 11) is -4.75. The predicted octanol–water partition coefficient (Wildman–Crippen LogP) is 3.83. The zero-order valence-electron chi connectivity index (χ0n) is 16.5.